The van der Waals surface area contributed by atoms with Gasteiger partial charge in [0.1, 0.15) is 12.3 Å². The number of esters is 1. The van der Waals surface area contributed by atoms with Gasteiger partial charge in [-0.1, -0.05) is 30.3 Å². The van der Waals surface area contributed by atoms with Crippen molar-refractivity contribution in [2.75, 3.05) is 13.2 Å². The van der Waals surface area contributed by atoms with E-state index in [-0.39, 0.29) is 5.97 Å². The van der Waals surface area contributed by atoms with E-state index in [1.54, 1.807) is 12.1 Å². The molecule has 0 spiro atoms. The van der Waals surface area contributed by atoms with Gasteiger partial charge < -0.3 is 9.14 Å². The van der Waals surface area contributed by atoms with E-state index in [9.17, 15) is 4.79 Å². The number of ether oxygens (including phenoxy) is 1. The molecule has 0 aliphatic rings. The summed E-state index contributed by atoms with van der Waals surface area (Å²) in [7, 11) is 0. The third-order valence-corrected chi connectivity index (χ3v) is 4.67. The summed E-state index contributed by atoms with van der Waals surface area (Å²) in [5.41, 5.74) is 3.18. The van der Waals surface area contributed by atoms with Crippen LogP contribution in [0.4, 0.5) is 0 Å². The van der Waals surface area contributed by atoms with E-state index < -0.39 is 0 Å². The second-order valence-corrected chi connectivity index (χ2v) is 7.23. The highest BCUT2D eigenvalue weighted by molar-refractivity contribution is 5.90. The van der Waals surface area contributed by atoms with Crippen molar-refractivity contribution in [3.8, 4) is 11.3 Å². The SMILES string of the molecule is CC(C)N(CCOC(=O)c1ccn2cc(-c3ccccc3)nc2c1)C(C)C. The number of imidazole rings is 1. The third kappa shape index (κ3) is 4.55. The fraction of sp³-hybridized carbons (Fsp3) is 0.364. The standard InChI is InChI=1S/C22H27N3O2/c1-16(2)25(17(3)4)12-13-27-22(26)19-10-11-24-15-20(23-21(24)14-19)18-8-6-5-7-9-18/h5-11,14-17H,12-13H2,1-4H3. The van der Waals surface area contributed by atoms with Crippen molar-refractivity contribution >= 4 is 11.6 Å². The molecule has 2 heterocycles. The predicted molar refractivity (Wildman–Crippen MR) is 108 cm³/mol. The molecule has 0 N–H and O–H groups in total. The number of hydrogen-bond donors (Lipinski definition) is 0. The van der Waals surface area contributed by atoms with E-state index >= 15 is 0 Å². The maximum Gasteiger partial charge on any atom is 0.338 e. The summed E-state index contributed by atoms with van der Waals surface area (Å²) in [6.45, 7) is 9.71. The van der Waals surface area contributed by atoms with Crippen molar-refractivity contribution in [3.05, 3.63) is 60.4 Å². The predicted octanol–water partition coefficient (Wildman–Crippen LogP) is 4.28. The van der Waals surface area contributed by atoms with Gasteiger partial charge in [-0.25, -0.2) is 9.78 Å². The van der Waals surface area contributed by atoms with Gasteiger partial charge in [0.15, 0.2) is 0 Å². The molecular weight excluding hydrogens is 338 g/mol. The zero-order valence-electron chi connectivity index (χ0n) is 16.4. The molecule has 3 aromatic rings. The van der Waals surface area contributed by atoms with E-state index in [4.69, 9.17) is 4.74 Å². The van der Waals surface area contributed by atoms with Crippen LogP contribution in [0, 0.1) is 0 Å². The lowest BCUT2D eigenvalue weighted by Gasteiger charge is -2.30. The van der Waals surface area contributed by atoms with Gasteiger partial charge in [-0.15, -0.1) is 0 Å². The summed E-state index contributed by atoms with van der Waals surface area (Å²) in [5.74, 6) is -0.311. The molecule has 5 heteroatoms. The maximum absolute atomic E-state index is 12.4. The van der Waals surface area contributed by atoms with Crippen LogP contribution >= 0.6 is 0 Å². The highest BCUT2D eigenvalue weighted by atomic mass is 16.5. The molecule has 0 fully saturated rings. The van der Waals surface area contributed by atoms with Crippen molar-refractivity contribution in [2.24, 2.45) is 0 Å². The molecule has 142 valence electrons. The first kappa shape index (κ1) is 19.1. The third-order valence-electron chi connectivity index (χ3n) is 4.67. The molecule has 0 atom stereocenters. The van der Waals surface area contributed by atoms with E-state index in [1.165, 1.54) is 0 Å². The normalized spacial score (nSPS) is 11.7. The lowest BCUT2D eigenvalue weighted by Crippen LogP contribution is -2.39. The summed E-state index contributed by atoms with van der Waals surface area (Å²) >= 11 is 0. The Morgan fingerprint density at radius 3 is 2.48 bits per heavy atom. The van der Waals surface area contributed by atoms with Crippen LogP contribution in [0.5, 0.6) is 0 Å². The van der Waals surface area contributed by atoms with Crippen molar-refractivity contribution in [3.63, 3.8) is 0 Å². The summed E-state index contributed by atoms with van der Waals surface area (Å²) in [6, 6.07) is 14.4. The average molecular weight is 365 g/mol. The zero-order valence-corrected chi connectivity index (χ0v) is 16.4. The molecule has 2 aromatic heterocycles. The van der Waals surface area contributed by atoms with Crippen LogP contribution < -0.4 is 0 Å². The molecule has 3 rings (SSSR count). The molecule has 27 heavy (non-hydrogen) atoms. The van der Waals surface area contributed by atoms with Crippen LogP contribution in [0.15, 0.2) is 54.9 Å². The smallest absolute Gasteiger partial charge is 0.338 e. The van der Waals surface area contributed by atoms with Gasteiger partial charge in [-0.05, 0) is 39.8 Å². The summed E-state index contributed by atoms with van der Waals surface area (Å²) in [4.78, 5) is 19.3. The van der Waals surface area contributed by atoms with E-state index in [2.05, 4.69) is 37.6 Å². The number of pyridine rings is 1. The van der Waals surface area contributed by atoms with Crippen LogP contribution in [0.3, 0.4) is 0 Å². The van der Waals surface area contributed by atoms with E-state index in [0.717, 1.165) is 23.4 Å². The fourth-order valence-corrected chi connectivity index (χ4v) is 3.30. The molecule has 5 nitrogen and oxygen atoms in total. The minimum absolute atomic E-state index is 0.311. The van der Waals surface area contributed by atoms with Gasteiger partial charge in [0, 0.05) is 36.6 Å². The largest absolute Gasteiger partial charge is 0.461 e. The number of carbonyl (C=O) groups is 1. The topological polar surface area (TPSA) is 46.8 Å². The number of carbonyl (C=O) groups excluding carboxylic acids is 1. The highest BCUT2D eigenvalue weighted by Crippen LogP contribution is 2.19. The fourth-order valence-electron chi connectivity index (χ4n) is 3.30. The Kier molecular flexibility index (Phi) is 5.91. The Bertz CT molecular complexity index is 892. The molecule has 0 amide bonds. The Labute approximate surface area is 160 Å². The minimum Gasteiger partial charge on any atom is -0.461 e. The van der Waals surface area contributed by atoms with Crippen molar-refractivity contribution in [1.29, 1.82) is 0 Å². The van der Waals surface area contributed by atoms with Crippen LogP contribution in [-0.4, -0.2) is 45.5 Å². The van der Waals surface area contributed by atoms with E-state index in [1.807, 2.05) is 47.1 Å². The van der Waals surface area contributed by atoms with Gasteiger partial charge in [-0.2, -0.15) is 0 Å². The first-order chi connectivity index (χ1) is 13.0. The minimum atomic E-state index is -0.311. The molecule has 0 bridgehead atoms. The summed E-state index contributed by atoms with van der Waals surface area (Å²) in [5, 5.41) is 0. The van der Waals surface area contributed by atoms with Crippen LogP contribution in [-0.2, 0) is 4.74 Å². The number of fused-ring (bicyclic) bond motifs is 1. The Morgan fingerprint density at radius 2 is 1.81 bits per heavy atom. The van der Waals surface area contributed by atoms with Gasteiger partial charge in [-0.3, -0.25) is 4.90 Å². The maximum atomic E-state index is 12.4. The Morgan fingerprint density at radius 1 is 1.11 bits per heavy atom. The highest BCUT2D eigenvalue weighted by Gasteiger charge is 2.15. The summed E-state index contributed by atoms with van der Waals surface area (Å²) in [6.07, 6.45) is 3.81. The molecule has 0 aliphatic carbocycles. The molecule has 0 unspecified atom stereocenters. The number of hydrogen-bond acceptors (Lipinski definition) is 4. The van der Waals surface area contributed by atoms with Crippen molar-refractivity contribution < 1.29 is 9.53 Å². The van der Waals surface area contributed by atoms with Gasteiger partial charge in [0.25, 0.3) is 0 Å². The first-order valence-corrected chi connectivity index (χ1v) is 9.42. The van der Waals surface area contributed by atoms with Crippen LogP contribution in [0.25, 0.3) is 16.9 Å². The molecule has 0 aliphatic heterocycles. The first-order valence-electron chi connectivity index (χ1n) is 9.42. The molecular formula is C22H27N3O2. The molecule has 0 saturated carbocycles. The summed E-state index contributed by atoms with van der Waals surface area (Å²) < 4.78 is 7.40. The van der Waals surface area contributed by atoms with Crippen LogP contribution in [0.1, 0.15) is 38.1 Å². The van der Waals surface area contributed by atoms with Gasteiger partial charge in [0.05, 0.1) is 11.3 Å². The Hall–Kier alpha value is -2.66. The zero-order chi connectivity index (χ0) is 19.4. The molecule has 0 saturated heterocycles. The average Bonchev–Trinajstić information content (AvgIpc) is 3.08. The number of rotatable bonds is 7. The lowest BCUT2D eigenvalue weighted by atomic mass is 10.2. The second-order valence-electron chi connectivity index (χ2n) is 7.23. The quantitative estimate of drug-likeness (QED) is 0.587. The van der Waals surface area contributed by atoms with E-state index in [0.29, 0.717) is 24.3 Å². The van der Waals surface area contributed by atoms with Crippen molar-refractivity contribution in [2.45, 2.75) is 39.8 Å². The van der Waals surface area contributed by atoms with Gasteiger partial charge >= 0.3 is 5.97 Å². The lowest BCUT2D eigenvalue weighted by molar-refractivity contribution is 0.0417. The number of aromatic nitrogens is 2. The van der Waals surface area contributed by atoms with Crippen LogP contribution in [0.2, 0.25) is 0 Å². The molecule has 1 aromatic carbocycles. The number of benzene rings is 1. The second kappa shape index (κ2) is 8.35. The molecule has 0 radical (unpaired) electrons. The monoisotopic (exact) mass is 365 g/mol. The number of nitrogens with zero attached hydrogens (tertiary/aromatic N) is 3. The van der Waals surface area contributed by atoms with Gasteiger partial charge in [0.2, 0.25) is 0 Å². The Balaban J connectivity index is 1.68. The van der Waals surface area contributed by atoms with Crippen molar-refractivity contribution in [1.82, 2.24) is 14.3 Å².